The quantitative estimate of drug-likeness (QED) is 0.714. The summed E-state index contributed by atoms with van der Waals surface area (Å²) in [7, 11) is 1.21. The van der Waals surface area contributed by atoms with Gasteiger partial charge in [-0.25, -0.2) is 4.79 Å². The van der Waals surface area contributed by atoms with Crippen LogP contribution >= 0.6 is 11.8 Å². The van der Waals surface area contributed by atoms with E-state index in [1.165, 1.54) is 7.11 Å². The summed E-state index contributed by atoms with van der Waals surface area (Å²) in [5, 5.41) is -0.437. The Morgan fingerprint density at radius 2 is 2.06 bits per heavy atom. The van der Waals surface area contributed by atoms with Gasteiger partial charge in [-0.2, -0.15) is 0 Å². The number of methoxy groups -OCH3 is 1. The highest BCUT2D eigenvalue weighted by molar-refractivity contribution is 8.14. The van der Waals surface area contributed by atoms with E-state index in [4.69, 9.17) is 4.74 Å². The number of carbonyl (C=O) groups excluding carboxylic acids is 3. The minimum atomic E-state index is -1.01. The lowest BCUT2D eigenvalue weighted by atomic mass is 10.2. The number of ether oxygens (including phenoxy) is 2. The Morgan fingerprint density at radius 3 is 2.44 bits per heavy atom. The van der Waals surface area contributed by atoms with Crippen molar-refractivity contribution in [2.24, 2.45) is 0 Å². The molecule has 0 aromatic heterocycles. The Labute approximate surface area is 110 Å². The Bertz CT molecular complexity index is 347. The first-order chi connectivity index (χ1) is 8.26. The van der Waals surface area contributed by atoms with E-state index in [0.29, 0.717) is 0 Å². The van der Waals surface area contributed by atoms with E-state index in [-0.39, 0.29) is 12.4 Å². The predicted octanol–water partition coefficient (Wildman–Crippen LogP) is 1.04. The predicted molar refractivity (Wildman–Crippen MR) is 66.2 cm³/mol. The highest BCUT2D eigenvalue weighted by atomic mass is 32.2. The SMILES string of the molecule is COC(=O)[C@H](COC(C)(C)C)N1C(=O)CSC1=O. The summed E-state index contributed by atoms with van der Waals surface area (Å²) in [6.45, 7) is 5.41. The number of esters is 1. The molecule has 1 heterocycles. The smallest absolute Gasteiger partial charge is 0.331 e. The maximum Gasteiger partial charge on any atom is 0.331 e. The molecule has 7 heteroatoms. The van der Waals surface area contributed by atoms with Crippen LogP contribution in [0.3, 0.4) is 0 Å². The Hall–Kier alpha value is -1.08. The molecule has 0 saturated carbocycles. The van der Waals surface area contributed by atoms with Gasteiger partial charge in [0.25, 0.3) is 5.24 Å². The molecule has 1 fully saturated rings. The summed E-state index contributed by atoms with van der Waals surface area (Å²) in [5.74, 6) is -0.983. The molecule has 102 valence electrons. The number of hydrogen-bond acceptors (Lipinski definition) is 6. The van der Waals surface area contributed by atoms with Crippen LogP contribution in [-0.2, 0) is 19.1 Å². The fourth-order valence-electron chi connectivity index (χ4n) is 1.38. The maximum absolute atomic E-state index is 11.6. The van der Waals surface area contributed by atoms with Gasteiger partial charge in [0.05, 0.1) is 25.1 Å². The van der Waals surface area contributed by atoms with Gasteiger partial charge in [-0.3, -0.25) is 14.5 Å². The summed E-state index contributed by atoms with van der Waals surface area (Å²) in [5.41, 5.74) is -0.467. The summed E-state index contributed by atoms with van der Waals surface area (Å²) in [4.78, 5) is 35.7. The van der Waals surface area contributed by atoms with Gasteiger partial charge in [0, 0.05) is 0 Å². The molecule has 1 atom stereocenters. The van der Waals surface area contributed by atoms with E-state index in [2.05, 4.69) is 4.74 Å². The first kappa shape index (κ1) is 15.0. The first-order valence-electron chi connectivity index (χ1n) is 5.47. The van der Waals surface area contributed by atoms with Gasteiger partial charge in [0.1, 0.15) is 0 Å². The van der Waals surface area contributed by atoms with Crippen molar-refractivity contribution in [2.75, 3.05) is 19.5 Å². The first-order valence-corrected chi connectivity index (χ1v) is 6.45. The topological polar surface area (TPSA) is 72.9 Å². The van der Waals surface area contributed by atoms with Crippen LogP contribution in [0.1, 0.15) is 20.8 Å². The van der Waals surface area contributed by atoms with E-state index in [9.17, 15) is 14.4 Å². The molecule has 1 aliphatic heterocycles. The van der Waals surface area contributed by atoms with Gasteiger partial charge in [-0.1, -0.05) is 11.8 Å². The number of hydrogen-bond donors (Lipinski definition) is 0. The summed E-state index contributed by atoms with van der Waals surface area (Å²) < 4.78 is 10.1. The van der Waals surface area contributed by atoms with Crippen LogP contribution in [0.25, 0.3) is 0 Å². The zero-order valence-corrected chi connectivity index (χ0v) is 11.7. The second-order valence-corrected chi connectivity index (χ2v) is 5.71. The van der Waals surface area contributed by atoms with Crippen molar-refractivity contribution < 1.29 is 23.9 Å². The van der Waals surface area contributed by atoms with Crippen molar-refractivity contribution in [3.05, 3.63) is 0 Å². The monoisotopic (exact) mass is 275 g/mol. The standard InChI is InChI=1S/C11H17NO5S/c1-11(2,3)17-5-7(9(14)16-4)12-8(13)6-18-10(12)15/h7H,5-6H2,1-4H3/t7-/m0/s1. The Balaban J connectivity index is 2.81. The van der Waals surface area contributed by atoms with Gasteiger partial charge in [-0.15, -0.1) is 0 Å². The molecule has 1 saturated heterocycles. The third-order valence-electron chi connectivity index (χ3n) is 2.24. The van der Waals surface area contributed by atoms with Crippen LogP contribution in [0.5, 0.6) is 0 Å². The molecule has 0 spiro atoms. The van der Waals surface area contributed by atoms with Gasteiger partial charge < -0.3 is 9.47 Å². The van der Waals surface area contributed by atoms with E-state index in [1.807, 2.05) is 20.8 Å². The van der Waals surface area contributed by atoms with Gasteiger partial charge in [0.2, 0.25) is 5.91 Å². The minimum absolute atomic E-state index is 0.0574. The van der Waals surface area contributed by atoms with Crippen LogP contribution in [0.4, 0.5) is 4.79 Å². The number of rotatable bonds is 4. The summed E-state index contributed by atoms with van der Waals surface area (Å²) >= 11 is 0.877. The minimum Gasteiger partial charge on any atom is -0.467 e. The highest BCUT2D eigenvalue weighted by Gasteiger charge is 2.40. The van der Waals surface area contributed by atoms with Crippen molar-refractivity contribution in [3.8, 4) is 0 Å². The van der Waals surface area contributed by atoms with Crippen LogP contribution in [-0.4, -0.2) is 53.1 Å². The molecule has 0 bridgehead atoms. The second kappa shape index (κ2) is 5.71. The highest BCUT2D eigenvalue weighted by Crippen LogP contribution is 2.23. The fourth-order valence-corrected chi connectivity index (χ4v) is 2.13. The van der Waals surface area contributed by atoms with Crippen molar-refractivity contribution in [1.82, 2.24) is 4.90 Å². The number of imide groups is 1. The van der Waals surface area contributed by atoms with E-state index in [0.717, 1.165) is 16.7 Å². The number of amides is 2. The average Bonchev–Trinajstić information content (AvgIpc) is 2.59. The lowest BCUT2D eigenvalue weighted by Crippen LogP contribution is -2.48. The van der Waals surface area contributed by atoms with Crippen LogP contribution in [0, 0.1) is 0 Å². The van der Waals surface area contributed by atoms with Gasteiger partial charge >= 0.3 is 5.97 Å². The molecular formula is C11H17NO5S. The Morgan fingerprint density at radius 1 is 1.44 bits per heavy atom. The molecule has 18 heavy (non-hydrogen) atoms. The molecular weight excluding hydrogens is 258 g/mol. The molecule has 0 N–H and O–H groups in total. The fraction of sp³-hybridized carbons (Fsp3) is 0.727. The van der Waals surface area contributed by atoms with Crippen molar-refractivity contribution in [2.45, 2.75) is 32.4 Å². The zero-order valence-electron chi connectivity index (χ0n) is 10.9. The summed E-state index contributed by atoms with van der Waals surface area (Å²) in [6, 6.07) is -1.01. The van der Waals surface area contributed by atoms with Gasteiger partial charge in [-0.05, 0) is 20.8 Å². The molecule has 0 aromatic rings. The lowest BCUT2D eigenvalue weighted by Gasteiger charge is -2.27. The molecule has 0 radical (unpaired) electrons. The third kappa shape index (κ3) is 3.71. The molecule has 0 unspecified atom stereocenters. The Kier molecular flexibility index (Phi) is 4.75. The lowest BCUT2D eigenvalue weighted by molar-refractivity contribution is -0.153. The molecule has 6 nitrogen and oxygen atoms in total. The second-order valence-electron chi connectivity index (χ2n) is 4.78. The third-order valence-corrected chi connectivity index (χ3v) is 3.08. The normalized spacial score (nSPS) is 18.1. The largest absolute Gasteiger partial charge is 0.467 e. The van der Waals surface area contributed by atoms with Gasteiger partial charge in [0.15, 0.2) is 6.04 Å². The molecule has 1 rings (SSSR count). The number of nitrogens with zero attached hydrogens (tertiary/aromatic N) is 1. The van der Waals surface area contributed by atoms with E-state index in [1.54, 1.807) is 0 Å². The van der Waals surface area contributed by atoms with Crippen molar-refractivity contribution >= 4 is 28.9 Å². The zero-order chi connectivity index (χ0) is 13.9. The maximum atomic E-state index is 11.6. The van der Waals surface area contributed by atoms with Crippen LogP contribution < -0.4 is 0 Å². The molecule has 0 aliphatic carbocycles. The summed E-state index contributed by atoms with van der Waals surface area (Å²) in [6.07, 6.45) is 0. The van der Waals surface area contributed by atoms with Crippen molar-refractivity contribution in [3.63, 3.8) is 0 Å². The van der Waals surface area contributed by atoms with Crippen LogP contribution in [0.15, 0.2) is 0 Å². The molecule has 2 amide bonds. The molecule has 1 aliphatic rings. The van der Waals surface area contributed by atoms with E-state index < -0.39 is 28.8 Å². The number of thioether (sulfide) groups is 1. The molecule has 0 aromatic carbocycles. The van der Waals surface area contributed by atoms with Crippen molar-refractivity contribution in [1.29, 1.82) is 0 Å². The number of carbonyl (C=O) groups is 3. The van der Waals surface area contributed by atoms with E-state index >= 15 is 0 Å². The average molecular weight is 275 g/mol. The van der Waals surface area contributed by atoms with Crippen LogP contribution in [0.2, 0.25) is 0 Å².